The lowest BCUT2D eigenvalue weighted by atomic mass is 10.0. The number of nitrogens with one attached hydrogen (secondary N) is 2. The molecule has 4 nitrogen and oxygen atoms in total. The van der Waals surface area contributed by atoms with Crippen LogP contribution < -0.4 is 10.0 Å². The summed E-state index contributed by atoms with van der Waals surface area (Å²) in [6.07, 6.45) is 4.62. The second kappa shape index (κ2) is 6.50. The van der Waals surface area contributed by atoms with Crippen molar-refractivity contribution in [1.29, 1.82) is 0 Å². The average molecular weight is 282 g/mol. The van der Waals surface area contributed by atoms with Crippen molar-refractivity contribution < 1.29 is 8.42 Å². The summed E-state index contributed by atoms with van der Waals surface area (Å²) in [6.45, 7) is 2.18. The van der Waals surface area contributed by atoms with Crippen molar-refractivity contribution in [2.24, 2.45) is 0 Å². The minimum Gasteiger partial charge on any atom is -0.313 e. The highest BCUT2D eigenvalue weighted by Crippen LogP contribution is 2.41. The zero-order chi connectivity index (χ0) is 13.7. The Hall–Kier alpha value is -0.910. The molecule has 1 aliphatic rings. The molecule has 0 heterocycles. The van der Waals surface area contributed by atoms with Gasteiger partial charge in [-0.15, -0.1) is 0 Å². The topological polar surface area (TPSA) is 58.2 Å². The maximum Gasteiger partial charge on any atom is 0.208 e. The first-order chi connectivity index (χ1) is 9.06. The van der Waals surface area contributed by atoms with E-state index in [1.807, 2.05) is 0 Å². The molecule has 5 heteroatoms. The standard InChI is InChI=1S/C14H22N2O2S/c1-19(17,18)16-10-4-9-15-11-13-5-2-3-6-14(13)12-7-8-12/h2-3,5-6,12,15-16H,4,7-11H2,1H3. The second-order valence-electron chi connectivity index (χ2n) is 5.17. The minimum atomic E-state index is -3.05. The van der Waals surface area contributed by atoms with Crippen molar-refractivity contribution in [3.63, 3.8) is 0 Å². The predicted molar refractivity (Wildman–Crippen MR) is 77.6 cm³/mol. The molecule has 106 valence electrons. The summed E-state index contributed by atoms with van der Waals surface area (Å²) >= 11 is 0. The van der Waals surface area contributed by atoms with E-state index in [9.17, 15) is 8.42 Å². The summed E-state index contributed by atoms with van der Waals surface area (Å²) in [5.41, 5.74) is 2.85. The van der Waals surface area contributed by atoms with Gasteiger partial charge in [-0.05, 0) is 42.9 Å². The zero-order valence-electron chi connectivity index (χ0n) is 11.4. The Morgan fingerprint density at radius 1 is 1.21 bits per heavy atom. The van der Waals surface area contributed by atoms with Crippen LogP contribution in [0.25, 0.3) is 0 Å². The highest BCUT2D eigenvalue weighted by Gasteiger charge is 2.25. The summed E-state index contributed by atoms with van der Waals surface area (Å²) in [5, 5.41) is 3.38. The maximum absolute atomic E-state index is 10.9. The van der Waals surface area contributed by atoms with Crippen molar-refractivity contribution in [2.45, 2.75) is 31.7 Å². The van der Waals surface area contributed by atoms with E-state index < -0.39 is 10.0 Å². The SMILES string of the molecule is CS(=O)(=O)NCCCNCc1ccccc1C1CC1. The average Bonchev–Trinajstić information content (AvgIpc) is 3.17. The van der Waals surface area contributed by atoms with E-state index in [2.05, 4.69) is 34.3 Å². The molecule has 1 saturated carbocycles. The molecule has 0 amide bonds. The first-order valence-electron chi connectivity index (χ1n) is 6.79. The van der Waals surface area contributed by atoms with E-state index in [0.29, 0.717) is 6.54 Å². The molecule has 1 aliphatic carbocycles. The van der Waals surface area contributed by atoms with E-state index >= 15 is 0 Å². The van der Waals surface area contributed by atoms with E-state index in [4.69, 9.17) is 0 Å². The summed E-state index contributed by atoms with van der Waals surface area (Å²) < 4.78 is 24.3. The number of hydrogen-bond acceptors (Lipinski definition) is 3. The molecular formula is C14H22N2O2S. The molecule has 0 unspecified atom stereocenters. The highest BCUT2D eigenvalue weighted by atomic mass is 32.2. The zero-order valence-corrected chi connectivity index (χ0v) is 12.2. The molecule has 0 aromatic heterocycles. The van der Waals surface area contributed by atoms with Gasteiger partial charge in [-0.1, -0.05) is 24.3 Å². The van der Waals surface area contributed by atoms with Gasteiger partial charge < -0.3 is 5.32 Å². The second-order valence-corrected chi connectivity index (χ2v) is 7.00. The molecule has 2 rings (SSSR count). The lowest BCUT2D eigenvalue weighted by Crippen LogP contribution is -2.26. The quantitative estimate of drug-likeness (QED) is 0.712. The molecular weight excluding hydrogens is 260 g/mol. The Morgan fingerprint density at radius 2 is 1.95 bits per heavy atom. The van der Waals surface area contributed by atoms with Gasteiger partial charge in [0.15, 0.2) is 0 Å². The largest absolute Gasteiger partial charge is 0.313 e. The third-order valence-electron chi connectivity index (χ3n) is 3.28. The number of rotatable bonds is 8. The maximum atomic E-state index is 10.9. The summed E-state index contributed by atoms with van der Waals surface area (Å²) in [5.74, 6) is 0.768. The van der Waals surface area contributed by atoms with Crippen LogP contribution in [0.15, 0.2) is 24.3 Å². The van der Waals surface area contributed by atoms with Crippen LogP contribution in [0.3, 0.4) is 0 Å². The van der Waals surface area contributed by atoms with E-state index in [1.54, 1.807) is 0 Å². The van der Waals surface area contributed by atoms with Crippen LogP contribution in [0.2, 0.25) is 0 Å². The number of benzene rings is 1. The molecule has 1 aromatic rings. The molecule has 0 radical (unpaired) electrons. The van der Waals surface area contributed by atoms with Gasteiger partial charge in [0.1, 0.15) is 0 Å². The fraction of sp³-hybridized carbons (Fsp3) is 0.571. The van der Waals surface area contributed by atoms with Crippen LogP contribution >= 0.6 is 0 Å². The lowest BCUT2D eigenvalue weighted by Gasteiger charge is -2.10. The summed E-state index contributed by atoms with van der Waals surface area (Å²) in [4.78, 5) is 0. The van der Waals surface area contributed by atoms with Crippen LogP contribution in [-0.4, -0.2) is 27.8 Å². The van der Waals surface area contributed by atoms with Crippen LogP contribution in [0.5, 0.6) is 0 Å². The van der Waals surface area contributed by atoms with Gasteiger partial charge in [0, 0.05) is 13.1 Å². The van der Waals surface area contributed by atoms with Gasteiger partial charge in [-0.3, -0.25) is 0 Å². The Balaban J connectivity index is 1.68. The Morgan fingerprint density at radius 3 is 2.63 bits per heavy atom. The van der Waals surface area contributed by atoms with Crippen molar-refractivity contribution in [3.05, 3.63) is 35.4 Å². The fourth-order valence-electron chi connectivity index (χ4n) is 2.18. The first-order valence-corrected chi connectivity index (χ1v) is 8.68. The molecule has 0 spiro atoms. The van der Waals surface area contributed by atoms with Crippen LogP contribution in [0.4, 0.5) is 0 Å². The third-order valence-corrected chi connectivity index (χ3v) is 4.01. The van der Waals surface area contributed by atoms with Crippen LogP contribution in [-0.2, 0) is 16.6 Å². The van der Waals surface area contributed by atoms with Crippen LogP contribution in [0.1, 0.15) is 36.3 Å². The molecule has 0 bridgehead atoms. The summed E-state index contributed by atoms with van der Waals surface area (Å²) in [6, 6.07) is 8.58. The van der Waals surface area contributed by atoms with Crippen molar-refractivity contribution in [3.8, 4) is 0 Å². The number of sulfonamides is 1. The minimum absolute atomic E-state index is 0.496. The highest BCUT2D eigenvalue weighted by molar-refractivity contribution is 7.88. The van der Waals surface area contributed by atoms with Gasteiger partial charge in [-0.25, -0.2) is 13.1 Å². The lowest BCUT2D eigenvalue weighted by molar-refractivity contribution is 0.579. The number of hydrogen-bond donors (Lipinski definition) is 2. The fourth-order valence-corrected chi connectivity index (χ4v) is 2.70. The monoisotopic (exact) mass is 282 g/mol. The Kier molecular flexibility index (Phi) is 4.96. The van der Waals surface area contributed by atoms with Gasteiger partial charge >= 0.3 is 0 Å². The van der Waals surface area contributed by atoms with Crippen molar-refractivity contribution >= 4 is 10.0 Å². The van der Waals surface area contributed by atoms with Crippen molar-refractivity contribution in [1.82, 2.24) is 10.0 Å². The Bertz CT molecular complexity index is 510. The van der Waals surface area contributed by atoms with Gasteiger partial charge in [0.2, 0.25) is 10.0 Å². The normalized spacial score (nSPS) is 15.6. The predicted octanol–water partition coefficient (Wildman–Crippen LogP) is 1.59. The Labute approximate surface area is 115 Å². The molecule has 1 fully saturated rings. The first kappa shape index (κ1) is 14.5. The van der Waals surface area contributed by atoms with E-state index in [1.165, 1.54) is 30.2 Å². The smallest absolute Gasteiger partial charge is 0.208 e. The van der Waals surface area contributed by atoms with Gasteiger partial charge in [0.25, 0.3) is 0 Å². The molecule has 0 aliphatic heterocycles. The van der Waals surface area contributed by atoms with Gasteiger partial charge in [0.05, 0.1) is 6.26 Å². The molecule has 2 N–H and O–H groups in total. The molecule has 1 aromatic carbocycles. The third kappa shape index (κ3) is 5.30. The van der Waals surface area contributed by atoms with E-state index in [0.717, 1.165) is 25.4 Å². The molecule has 19 heavy (non-hydrogen) atoms. The summed E-state index contributed by atoms with van der Waals surface area (Å²) in [7, 11) is -3.05. The molecule has 0 saturated heterocycles. The van der Waals surface area contributed by atoms with Crippen molar-refractivity contribution in [2.75, 3.05) is 19.3 Å². The van der Waals surface area contributed by atoms with E-state index in [-0.39, 0.29) is 0 Å². The van der Waals surface area contributed by atoms with Crippen LogP contribution in [0, 0.1) is 0 Å². The molecule has 0 atom stereocenters. The van der Waals surface area contributed by atoms with Gasteiger partial charge in [-0.2, -0.15) is 0 Å².